The molecule has 0 aliphatic rings. The maximum atomic E-state index is 9.82. The monoisotopic (exact) mass is 232 g/mol. The van der Waals surface area contributed by atoms with Gasteiger partial charge in [-0.15, -0.1) is 0 Å². The van der Waals surface area contributed by atoms with Gasteiger partial charge in [-0.2, -0.15) is 0 Å². The largest absolute Gasteiger partial charge is 0.390 e. The zero-order valence-corrected chi connectivity index (χ0v) is 10.0. The lowest BCUT2D eigenvalue weighted by Crippen LogP contribution is -2.26. The molecule has 0 aromatic heterocycles. The normalized spacial score (nSPS) is 14.1. The summed E-state index contributed by atoms with van der Waals surface area (Å²) < 4.78 is 0. The molecule has 1 nitrogen and oxygen atoms in total. The first-order valence-corrected chi connectivity index (χ1v) is 5.25. The van der Waals surface area contributed by atoms with Gasteiger partial charge in [-0.25, -0.2) is 0 Å². The van der Waals surface area contributed by atoms with Gasteiger partial charge in [0.25, 0.3) is 0 Å². The fourth-order valence-corrected chi connectivity index (χ4v) is 1.50. The maximum Gasteiger partial charge on any atom is 0.0657 e. The Labute approximate surface area is 94.7 Å². The lowest BCUT2D eigenvalue weighted by Gasteiger charge is -2.26. The van der Waals surface area contributed by atoms with Crippen LogP contribution in [0.1, 0.15) is 32.3 Å². The minimum atomic E-state index is -0.753. The number of hydrogen-bond acceptors (Lipinski definition) is 1. The van der Waals surface area contributed by atoms with Crippen LogP contribution < -0.4 is 0 Å². The van der Waals surface area contributed by atoms with E-state index < -0.39 is 5.60 Å². The summed E-state index contributed by atoms with van der Waals surface area (Å²) in [4.78, 5) is 0. The van der Waals surface area contributed by atoms with Gasteiger partial charge in [-0.1, -0.05) is 36.2 Å². The van der Waals surface area contributed by atoms with E-state index in [0.29, 0.717) is 10.0 Å². The average molecular weight is 233 g/mol. The van der Waals surface area contributed by atoms with Gasteiger partial charge in [0, 0.05) is 5.92 Å². The fraction of sp³-hybridized carbons (Fsp3) is 0.455. The van der Waals surface area contributed by atoms with Crippen molar-refractivity contribution in [2.24, 2.45) is 0 Å². The highest BCUT2D eigenvalue weighted by Crippen LogP contribution is 2.31. The van der Waals surface area contributed by atoms with Crippen LogP contribution in [0.5, 0.6) is 0 Å². The van der Waals surface area contributed by atoms with Crippen molar-refractivity contribution in [2.45, 2.75) is 32.3 Å². The highest BCUT2D eigenvalue weighted by Gasteiger charge is 2.24. The van der Waals surface area contributed by atoms with Crippen molar-refractivity contribution < 1.29 is 5.11 Å². The van der Waals surface area contributed by atoms with E-state index in [0.717, 1.165) is 5.56 Å². The highest BCUT2D eigenvalue weighted by molar-refractivity contribution is 6.42. The molecule has 0 saturated carbocycles. The molecule has 1 aromatic carbocycles. The van der Waals surface area contributed by atoms with E-state index in [1.807, 2.05) is 13.0 Å². The number of benzene rings is 1. The van der Waals surface area contributed by atoms with E-state index in [2.05, 4.69) is 0 Å². The standard InChI is InChI=1S/C11H14Cl2O/c1-7(11(2,3)14)8-4-5-9(12)10(13)6-8/h4-7,14H,1-3H3/t7-/m0/s1. The van der Waals surface area contributed by atoms with E-state index in [1.54, 1.807) is 26.0 Å². The van der Waals surface area contributed by atoms with Crippen molar-refractivity contribution >= 4 is 23.2 Å². The molecule has 0 unspecified atom stereocenters. The first-order valence-electron chi connectivity index (χ1n) is 4.49. The third-order valence-corrected chi connectivity index (χ3v) is 3.24. The Morgan fingerprint density at radius 1 is 1.21 bits per heavy atom. The van der Waals surface area contributed by atoms with Crippen molar-refractivity contribution in [2.75, 3.05) is 0 Å². The zero-order chi connectivity index (χ0) is 10.9. The van der Waals surface area contributed by atoms with E-state index in [1.165, 1.54) is 0 Å². The third-order valence-electron chi connectivity index (χ3n) is 2.50. The second-order valence-corrected chi connectivity index (χ2v) is 4.86. The van der Waals surface area contributed by atoms with Crippen LogP contribution in [0.4, 0.5) is 0 Å². The van der Waals surface area contributed by atoms with Crippen LogP contribution in [-0.4, -0.2) is 10.7 Å². The molecular formula is C11H14Cl2O. The number of halogens is 2. The van der Waals surface area contributed by atoms with Crippen molar-refractivity contribution in [3.8, 4) is 0 Å². The van der Waals surface area contributed by atoms with Crippen molar-refractivity contribution in [3.05, 3.63) is 33.8 Å². The molecule has 1 atom stereocenters. The quantitative estimate of drug-likeness (QED) is 0.822. The number of hydrogen-bond donors (Lipinski definition) is 1. The van der Waals surface area contributed by atoms with Crippen molar-refractivity contribution in [3.63, 3.8) is 0 Å². The first-order chi connectivity index (χ1) is 6.32. The lowest BCUT2D eigenvalue weighted by atomic mass is 9.86. The third kappa shape index (κ3) is 2.63. The van der Waals surface area contributed by atoms with Crippen LogP contribution >= 0.6 is 23.2 Å². The Morgan fingerprint density at radius 3 is 2.21 bits per heavy atom. The van der Waals surface area contributed by atoms with Crippen LogP contribution in [0.3, 0.4) is 0 Å². The van der Waals surface area contributed by atoms with Gasteiger partial charge in [-0.3, -0.25) is 0 Å². The summed E-state index contributed by atoms with van der Waals surface area (Å²) in [6.45, 7) is 5.51. The van der Waals surface area contributed by atoms with Crippen LogP contribution in [0.25, 0.3) is 0 Å². The van der Waals surface area contributed by atoms with Gasteiger partial charge in [0.2, 0.25) is 0 Å². The average Bonchev–Trinajstić information content (AvgIpc) is 2.07. The van der Waals surface area contributed by atoms with Gasteiger partial charge >= 0.3 is 0 Å². The molecule has 0 aliphatic heterocycles. The van der Waals surface area contributed by atoms with Crippen LogP contribution in [0.2, 0.25) is 10.0 Å². The van der Waals surface area contributed by atoms with Crippen molar-refractivity contribution in [1.82, 2.24) is 0 Å². The predicted molar refractivity (Wildman–Crippen MR) is 61.2 cm³/mol. The van der Waals surface area contributed by atoms with Gasteiger partial charge in [0.05, 0.1) is 15.6 Å². The smallest absolute Gasteiger partial charge is 0.0657 e. The van der Waals surface area contributed by atoms with E-state index in [4.69, 9.17) is 23.2 Å². The molecule has 1 N–H and O–H groups in total. The summed E-state index contributed by atoms with van der Waals surface area (Å²) in [5.41, 5.74) is 0.240. The predicted octanol–water partition coefficient (Wildman–Crippen LogP) is 3.87. The molecule has 14 heavy (non-hydrogen) atoms. The summed E-state index contributed by atoms with van der Waals surface area (Å²) in [6, 6.07) is 5.44. The second-order valence-electron chi connectivity index (χ2n) is 4.05. The molecule has 1 rings (SSSR count). The first kappa shape index (κ1) is 11.8. The summed E-state index contributed by atoms with van der Waals surface area (Å²) in [6.07, 6.45) is 0. The molecular weight excluding hydrogens is 219 g/mol. The van der Waals surface area contributed by atoms with Gasteiger partial charge in [0.15, 0.2) is 0 Å². The number of aliphatic hydroxyl groups is 1. The summed E-state index contributed by atoms with van der Waals surface area (Å²) in [7, 11) is 0. The van der Waals surface area contributed by atoms with Gasteiger partial charge in [-0.05, 0) is 31.5 Å². The Morgan fingerprint density at radius 2 is 1.79 bits per heavy atom. The molecule has 0 heterocycles. The fourth-order valence-electron chi connectivity index (χ4n) is 1.19. The molecule has 0 spiro atoms. The lowest BCUT2D eigenvalue weighted by molar-refractivity contribution is 0.0559. The highest BCUT2D eigenvalue weighted by atomic mass is 35.5. The van der Waals surface area contributed by atoms with Crippen molar-refractivity contribution in [1.29, 1.82) is 0 Å². The molecule has 0 aliphatic carbocycles. The van der Waals surface area contributed by atoms with Crippen LogP contribution in [0.15, 0.2) is 18.2 Å². The minimum absolute atomic E-state index is 0.0252. The molecule has 78 valence electrons. The molecule has 1 aromatic rings. The maximum absolute atomic E-state index is 9.82. The Kier molecular flexibility index (Phi) is 3.46. The minimum Gasteiger partial charge on any atom is -0.390 e. The van der Waals surface area contributed by atoms with Gasteiger partial charge in [0.1, 0.15) is 0 Å². The molecule has 3 heteroatoms. The van der Waals surface area contributed by atoms with Crippen LogP contribution in [-0.2, 0) is 0 Å². The molecule has 0 fully saturated rings. The second kappa shape index (κ2) is 4.09. The van der Waals surface area contributed by atoms with E-state index in [-0.39, 0.29) is 5.92 Å². The van der Waals surface area contributed by atoms with Gasteiger partial charge < -0.3 is 5.11 Å². The summed E-state index contributed by atoms with van der Waals surface area (Å²) >= 11 is 11.7. The molecule has 0 bridgehead atoms. The topological polar surface area (TPSA) is 20.2 Å². The summed E-state index contributed by atoms with van der Waals surface area (Å²) in [5, 5.41) is 10.9. The SMILES string of the molecule is C[C@@H](c1ccc(Cl)c(Cl)c1)C(C)(C)O. The Balaban J connectivity index is 3.03. The molecule has 0 amide bonds. The van der Waals surface area contributed by atoms with Crippen LogP contribution in [0, 0.1) is 0 Å². The Hall–Kier alpha value is -0.240. The summed E-state index contributed by atoms with van der Waals surface area (Å²) in [5.74, 6) is 0.0252. The zero-order valence-electron chi connectivity index (χ0n) is 8.51. The van der Waals surface area contributed by atoms with E-state index in [9.17, 15) is 5.11 Å². The Bertz CT molecular complexity index is 329. The number of rotatable bonds is 2. The molecule has 0 saturated heterocycles. The van der Waals surface area contributed by atoms with E-state index >= 15 is 0 Å². The molecule has 0 radical (unpaired) electrons.